The van der Waals surface area contributed by atoms with Crippen LogP contribution in [0, 0.1) is 5.92 Å². The van der Waals surface area contributed by atoms with Crippen LogP contribution >= 0.6 is 0 Å². The molecule has 0 bridgehead atoms. The van der Waals surface area contributed by atoms with Crippen molar-refractivity contribution in [2.75, 3.05) is 13.9 Å². The number of unbranched alkanes of at least 4 members (excludes halogenated alkanes) is 1. The van der Waals surface area contributed by atoms with Crippen LogP contribution in [-0.2, 0) is 25.4 Å². The van der Waals surface area contributed by atoms with Crippen LogP contribution < -0.4 is 4.74 Å². The minimum Gasteiger partial charge on any atom is -0.467 e. The Morgan fingerprint density at radius 3 is 2.66 bits per heavy atom. The Labute approximate surface area is 209 Å². The van der Waals surface area contributed by atoms with E-state index in [1.165, 1.54) is 0 Å². The number of benzene rings is 1. The highest BCUT2D eigenvalue weighted by Crippen LogP contribution is 2.34. The van der Waals surface area contributed by atoms with Crippen LogP contribution in [0.3, 0.4) is 0 Å². The van der Waals surface area contributed by atoms with Gasteiger partial charge in [-0.1, -0.05) is 50.6 Å². The van der Waals surface area contributed by atoms with Gasteiger partial charge in [-0.05, 0) is 57.2 Å². The van der Waals surface area contributed by atoms with Gasteiger partial charge in [0.1, 0.15) is 29.6 Å². The zero-order chi connectivity index (χ0) is 25.6. The fourth-order valence-corrected chi connectivity index (χ4v) is 4.36. The van der Waals surface area contributed by atoms with Gasteiger partial charge in [0.15, 0.2) is 12.6 Å². The van der Waals surface area contributed by atoms with Crippen molar-refractivity contribution in [3.63, 3.8) is 0 Å². The lowest BCUT2D eigenvalue weighted by atomic mass is 9.97. The molecule has 2 aliphatic heterocycles. The third kappa shape index (κ3) is 7.17. The maximum atomic E-state index is 13.4. The molecular weight excluding hydrogens is 448 g/mol. The molecule has 1 aromatic carbocycles. The van der Waals surface area contributed by atoms with Crippen LogP contribution in [0.15, 0.2) is 30.4 Å². The summed E-state index contributed by atoms with van der Waals surface area (Å²) in [6.45, 7) is 9.65. The Morgan fingerprint density at radius 1 is 1.17 bits per heavy atom. The van der Waals surface area contributed by atoms with Gasteiger partial charge in [-0.25, -0.2) is 4.79 Å². The zero-order valence-corrected chi connectivity index (χ0v) is 21.8. The van der Waals surface area contributed by atoms with Crippen molar-refractivity contribution < 1.29 is 33.6 Å². The summed E-state index contributed by atoms with van der Waals surface area (Å²) in [7, 11) is 1.55. The number of cyclic esters (lactones) is 1. The monoisotopic (exact) mass is 488 g/mol. The van der Waals surface area contributed by atoms with Gasteiger partial charge in [0.2, 0.25) is 0 Å². The van der Waals surface area contributed by atoms with Crippen LogP contribution in [0.2, 0.25) is 0 Å². The number of esters is 1. The van der Waals surface area contributed by atoms with Crippen LogP contribution in [0.5, 0.6) is 5.75 Å². The molecule has 1 saturated heterocycles. The lowest BCUT2D eigenvalue weighted by molar-refractivity contribution is -0.152. The highest BCUT2D eigenvalue weighted by atomic mass is 16.8. The molecule has 2 aliphatic rings. The average molecular weight is 489 g/mol. The summed E-state index contributed by atoms with van der Waals surface area (Å²) in [6.07, 6.45) is 8.77. The van der Waals surface area contributed by atoms with Crippen molar-refractivity contribution in [1.29, 1.82) is 0 Å². The van der Waals surface area contributed by atoms with Gasteiger partial charge in [0.05, 0.1) is 6.10 Å². The Balaban J connectivity index is 2.06. The van der Waals surface area contributed by atoms with E-state index in [0.29, 0.717) is 17.7 Å². The third-order valence-corrected chi connectivity index (χ3v) is 6.42. The molecule has 7 heteroatoms. The smallest absolute Gasteiger partial charge is 0.342 e. The van der Waals surface area contributed by atoms with Crippen molar-refractivity contribution in [3.05, 3.63) is 47.1 Å². The topological polar surface area (TPSA) is 83.5 Å². The molecule has 0 aliphatic carbocycles. The van der Waals surface area contributed by atoms with Gasteiger partial charge in [-0.3, -0.25) is 0 Å². The number of hydrogen-bond donors (Lipinski definition) is 1. The largest absolute Gasteiger partial charge is 0.467 e. The molecule has 1 N–H and O–H groups in total. The first kappa shape index (κ1) is 27.4. The molecule has 2 heterocycles. The summed E-state index contributed by atoms with van der Waals surface area (Å²) in [6, 6.07) is 3.92. The van der Waals surface area contributed by atoms with E-state index in [1.54, 1.807) is 13.2 Å². The number of hydrogen-bond acceptors (Lipinski definition) is 7. The van der Waals surface area contributed by atoms with Gasteiger partial charge in [-0.15, -0.1) is 0 Å². The summed E-state index contributed by atoms with van der Waals surface area (Å²) in [5, 5.41) is 10.8. The first-order valence-corrected chi connectivity index (χ1v) is 12.5. The summed E-state index contributed by atoms with van der Waals surface area (Å²) in [5.74, 6) is -0.933. The molecule has 0 spiro atoms. The van der Waals surface area contributed by atoms with E-state index in [4.69, 9.17) is 23.7 Å². The fraction of sp³-hybridized carbons (Fsp3) is 0.607. The standard InChI is InChI=1S/C28H40O7/c1-7-8-10-20-15-21-11-9-12-23-26(35-28(4,5)34-23)22(29)14-13-18(2)19(3)33-27(30)25(21)24(16-20)32-17-31-6/h9,11,13-16,18-19,22-23,26,29H,7-8,10,12,17H2,1-6H3/b11-9+,14-13-/t18-,19+,22?,23+,26-/m1/s1. The Kier molecular flexibility index (Phi) is 9.53. The lowest BCUT2D eigenvalue weighted by Crippen LogP contribution is -2.34. The Morgan fingerprint density at radius 2 is 1.94 bits per heavy atom. The van der Waals surface area contributed by atoms with Gasteiger partial charge in [0.25, 0.3) is 0 Å². The molecule has 1 aromatic rings. The maximum absolute atomic E-state index is 13.4. The number of aliphatic hydroxyl groups excluding tert-OH is 1. The SMILES string of the molecule is CCCCc1cc2c(c(OCOC)c1)C(=O)O[C@@H](C)[C@H](C)/C=C\C(O)[C@H]1OC(C)(C)O[C@H]1C/C=C/2. The van der Waals surface area contributed by atoms with Crippen LogP contribution in [0.25, 0.3) is 6.08 Å². The Hall–Kier alpha value is -2.19. The molecule has 0 aromatic heterocycles. The molecule has 0 saturated carbocycles. The van der Waals surface area contributed by atoms with E-state index in [2.05, 4.69) is 6.92 Å². The molecule has 0 radical (unpaired) electrons. The minimum absolute atomic E-state index is 0.0251. The second kappa shape index (κ2) is 12.2. The fourth-order valence-electron chi connectivity index (χ4n) is 4.36. The maximum Gasteiger partial charge on any atom is 0.342 e. The number of carbonyl (C=O) groups excluding carboxylic acids is 1. The number of carbonyl (C=O) groups is 1. The number of ether oxygens (including phenoxy) is 5. The van der Waals surface area contributed by atoms with E-state index in [0.717, 1.165) is 30.4 Å². The number of rotatable bonds is 6. The zero-order valence-electron chi connectivity index (χ0n) is 21.8. The highest BCUT2D eigenvalue weighted by molar-refractivity contribution is 5.97. The first-order valence-electron chi connectivity index (χ1n) is 12.5. The molecule has 194 valence electrons. The number of fused-ring (bicyclic) bond motifs is 2. The van der Waals surface area contributed by atoms with Crippen molar-refractivity contribution in [1.82, 2.24) is 0 Å². The summed E-state index contributed by atoms with van der Waals surface area (Å²) in [5.41, 5.74) is 2.17. The molecule has 1 unspecified atom stereocenters. The normalized spacial score (nSPS) is 30.5. The lowest BCUT2D eigenvalue weighted by Gasteiger charge is -2.23. The van der Waals surface area contributed by atoms with Gasteiger partial charge in [0, 0.05) is 13.0 Å². The van der Waals surface area contributed by atoms with E-state index in [-0.39, 0.29) is 18.8 Å². The molecule has 35 heavy (non-hydrogen) atoms. The number of aryl methyl sites for hydroxylation is 1. The van der Waals surface area contributed by atoms with Gasteiger partial charge >= 0.3 is 5.97 Å². The minimum atomic E-state index is -0.842. The highest BCUT2D eigenvalue weighted by Gasteiger charge is 2.43. The second-order valence-electron chi connectivity index (χ2n) is 9.83. The van der Waals surface area contributed by atoms with E-state index in [9.17, 15) is 9.90 Å². The van der Waals surface area contributed by atoms with Crippen molar-refractivity contribution in [2.45, 2.75) is 90.5 Å². The molecular formula is C28H40O7. The molecule has 7 nitrogen and oxygen atoms in total. The third-order valence-electron chi connectivity index (χ3n) is 6.42. The molecule has 5 atom stereocenters. The van der Waals surface area contributed by atoms with Gasteiger partial charge < -0.3 is 28.8 Å². The van der Waals surface area contributed by atoms with E-state index in [1.807, 2.05) is 58.1 Å². The summed E-state index contributed by atoms with van der Waals surface area (Å²) in [4.78, 5) is 13.4. The number of aliphatic hydroxyl groups is 1. The van der Waals surface area contributed by atoms with Crippen LogP contribution in [0.4, 0.5) is 0 Å². The number of methoxy groups -OCH3 is 1. The van der Waals surface area contributed by atoms with Crippen molar-refractivity contribution in [2.24, 2.45) is 5.92 Å². The van der Waals surface area contributed by atoms with Crippen molar-refractivity contribution >= 4 is 12.0 Å². The van der Waals surface area contributed by atoms with E-state index < -0.39 is 30.1 Å². The molecule has 1 fully saturated rings. The van der Waals surface area contributed by atoms with Crippen molar-refractivity contribution in [3.8, 4) is 5.75 Å². The molecule has 0 amide bonds. The quantitative estimate of drug-likeness (QED) is 0.341. The predicted molar refractivity (Wildman–Crippen MR) is 134 cm³/mol. The van der Waals surface area contributed by atoms with Crippen LogP contribution in [0.1, 0.15) is 75.4 Å². The predicted octanol–water partition coefficient (Wildman–Crippen LogP) is 5.05. The molecule has 3 rings (SSSR count). The second-order valence-corrected chi connectivity index (χ2v) is 9.83. The van der Waals surface area contributed by atoms with Gasteiger partial charge in [-0.2, -0.15) is 0 Å². The summed E-state index contributed by atoms with van der Waals surface area (Å²) >= 11 is 0. The Bertz CT molecular complexity index is 920. The van der Waals surface area contributed by atoms with Crippen LogP contribution in [-0.4, -0.2) is 55.2 Å². The average Bonchev–Trinajstić information content (AvgIpc) is 3.12. The van der Waals surface area contributed by atoms with E-state index >= 15 is 0 Å². The summed E-state index contributed by atoms with van der Waals surface area (Å²) < 4.78 is 28.9. The first-order chi connectivity index (χ1) is 16.6.